The molecule has 0 atom stereocenters. The maximum atomic E-state index is 8.63. The number of rotatable bonds is 1. The summed E-state index contributed by atoms with van der Waals surface area (Å²) in [5.41, 5.74) is 0.931. The molecule has 0 aliphatic heterocycles. The monoisotopic (exact) mass is 158 g/mol. The molecular formula is C9H6N2O. The number of ether oxygens (including phenoxy) is 1. The molecule has 0 fully saturated rings. The highest BCUT2D eigenvalue weighted by atomic mass is 16.5. The van der Waals surface area contributed by atoms with E-state index in [9.17, 15) is 0 Å². The van der Waals surface area contributed by atoms with Gasteiger partial charge >= 0.3 is 0 Å². The van der Waals surface area contributed by atoms with Crippen LogP contribution in [0.3, 0.4) is 0 Å². The summed E-state index contributed by atoms with van der Waals surface area (Å²) in [6.45, 7) is 0. The van der Waals surface area contributed by atoms with E-state index in [2.05, 4.69) is 10.9 Å². The van der Waals surface area contributed by atoms with Gasteiger partial charge in [-0.25, -0.2) is 4.98 Å². The molecule has 1 heterocycles. The molecule has 0 amide bonds. The van der Waals surface area contributed by atoms with Crippen molar-refractivity contribution in [3.63, 3.8) is 0 Å². The van der Waals surface area contributed by atoms with Crippen LogP contribution < -0.4 is 4.74 Å². The zero-order chi connectivity index (χ0) is 8.97. The van der Waals surface area contributed by atoms with Crippen LogP contribution in [0.15, 0.2) is 12.3 Å². The highest BCUT2D eigenvalue weighted by molar-refractivity contribution is 5.44. The summed E-state index contributed by atoms with van der Waals surface area (Å²) in [6, 6.07) is 3.50. The lowest BCUT2D eigenvalue weighted by molar-refractivity contribution is 0.396. The number of nitriles is 1. The van der Waals surface area contributed by atoms with E-state index < -0.39 is 0 Å². The second-order valence-corrected chi connectivity index (χ2v) is 2.04. The minimum Gasteiger partial charge on any atom is -0.480 e. The van der Waals surface area contributed by atoms with Gasteiger partial charge in [-0.05, 0) is 6.07 Å². The number of nitrogens with zero attached hydrogens (tertiary/aromatic N) is 2. The van der Waals surface area contributed by atoms with Crippen molar-refractivity contribution in [2.75, 3.05) is 7.11 Å². The maximum absolute atomic E-state index is 8.63. The van der Waals surface area contributed by atoms with Crippen LogP contribution in [0.2, 0.25) is 0 Å². The molecule has 1 rings (SSSR count). The maximum Gasteiger partial charge on any atom is 0.231 e. The van der Waals surface area contributed by atoms with Gasteiger partial charge in [0.25, 0.3) is 0 Å². The Hall–Kier alpha value is -2.00. The van der Waals surface area contributed by atoms with E-state index in [1.807, 2.05) is 6.07 Å². The predicted octanol–water partition coefficient (Wildman–Crippen LogP) is 0.943. The topological polar surface area (TPSA) is 45.9 Å². The van der Waals surface area contributed by atoms with Crippen LogP contribution in [0.1, 0.15) is 11.1 Å². The van der Waals surface area contributed by atoms with Gasteiger partial charge in [0.2, 0.25) is 5.88 Å². The van der Waals surface area contributed by atoms with E-state index in [-0.39, 0.29) is 0 Å². The van der Waals surface area contributed by atoms with Gasteiger partial charge < -0.3 is 4.74 Å². The Bertz CT molecular complexity index is 371. The quantitative estimate of drug-likeness (QED) is 0.571. The Kier molecular flexibility index (Phi) is 2.30. The third kappa shape index (κ3) is 1.36. The first-order valence-electron chi connectivity index (χ1n) is 3.22. The van der Waals surface area contributed by atoms with Crippen molar-refractivity contribution in [3.8, 4) is 24.3 Å². The van der Waals surface area contributed by atoms with E-state index in [4.69, 9.17) is 16.4 Å². The van der Waals surface area contributed by atoms with Gasteiger partial charge in [0.15, 0.2) is 0 Å². The summed E-state index contributed by atoms with van der Waals surface area (Å²) >= 11 is 0. The number of methoxy groups -OCH3 is 1. The highest BCUT2D eigenvalue weighted by Gasteiger charge is 2.02. The number of hydrogen-bond donors (Lipinski definition) is 0. The summed E-state index contributed by atoms with van der Waals surface area (Å²) in [5, 5.41) is 8.63. The fourth-order valence-corrected chi connectivity index (χ4v) is 0.774. The molecule has 0 saturated carbocycles. The molecule has 12 heavy (non-hydrogen) atoms. The average molecular weight is 158 g/mol. The molecule has 0 spiro atoms. The van der Waals surface area contributed by atoms with E-state index in [1.54, 1.807) is 6.07 Å². The fourth-order valence-electron chi connectivity index (χ4n) is 0.774. The van der Waals surface area contributed by atoms with Crippen molar-refractivity contribution in [2.45, 2.75) is 0 Å². The number of pyridine rings is 1. The van der Waals surface area contributed by atoms with Crippen LogP contribution in [0.5, 0.6) is 5.88 Å². The highest BCUT2D eigenvalue weighted by Crippen LogP contribution is 2.13. The summed E-state index contributed by atoms with van der Waals surface area (Å²) in [4.78, 5) is 3.85. The van der Waals surface area contributed by atoms with Crippen molar-refractivity contribution in [1.82, 2.24) is 4.98 Å². The van der Waals surface area contributed by atoms with Gasteiger partial charge in [0.05, 0.1) is 7.11 Å². The zero-order valence-electron chi connectivity index (χ0n) is 6.53. The van der Waals surface area contributed by atoms with E-state index in [1.165, 1.54) is 13.3 Å². The molecule has 3 nitrogen and oxygen atoms in total. The van der Waals surface area contributed by atoms with Gasteiger partial charge in [-0.3, -0.25) is 0 Å². The molecule has 0 saturated heterocycles. The van der Waals surface area contributed by atoms with E-state index >= 15 is 0 Å². The van der Waals surface area contributed by atoms with Crippen molar-refractivity contribution in [3.05, 3.63) is 23.4 Å². The van der Waals surface area contributed by atoms with Gasteiger partial charge in [0, 0.05) is 11.8 Å². The second-order valence-electron chi connectivity index (χ2n) is 2.04. The van der Waals surface area contributed by atoms with Gasteiger partial charge in [0.1, 0.15) is 11.6 Å². The Morgan fingerprint density at radius 2 is 2.42 bits per heavy atom. The summed E-state index contributed by atoms with van der Waals surface area (Å²) in [7, 11) is 1.46. The number of hydrogen-bond acceptors (Lipinski definition) is 3. The minimum atomic E-state index is 0.302. The third-order valence-electron chi connectivity index (χ3n) is 1.33. The van der Waals surface area contributed by atoms with E-state index in [0.29, 0.717) is 17.0 Å². The Morgan fingerprint density at radius 1 is 1.67 bits per heavy atom. The van der Waals surface area contributed by atoms with Crippen LogP contribution in [0.4, 0.5) is 0 Å². The first-order valence-corrected chi connectivity index (χ1v) is 3.22. The molecule has 0 aliphatic carbocycles. The van der Waals surface area contributed by atoms with Crippen LogP contribution >= 0.6 is 0 Å². The lowest BCUT2D eigenvalue weighted by Gasteiger charge is -1.99. The standard InChI is InChI=1S/C9H6N2O/c1-3-7-4-8(5-10)9(12-2)11-6-7/h1,4,6H,2H3. The smallest absolute Gasteiger partial charge is 0.231 e. The zero-order valence-corrected chi connectivity index (χ0v) is 6.53. The predicted molar refractivity (Wildman–Crippen MR) is 43.4 cm³/mol. The largest absolute Gasteiger partial charge is 0.480 e. The van der Waals surface area contributed by atoms with E-state index in [0.717, 1.165) is 0 Å². The number of aromatic nitrogens is 1. The number of terminal acetylenes is 1. The lowest BCUT2D eigenvalue weighted by Crippen LogP contribution is -1.92. The van der Waals surface area contributed by atoms with Gasteiger partial charge in [-0.2, -0.15) is 5.26 Å². The Balaban J connectivity index is 3.24. The molecule has 0 bridgehead atoms. The van der Waals surface area contributed by atoms with Crippen LogP contribution in [-0.2, 0) is 0 Å². The first-order chi connectivity index (χ1) is 5.81. The molecular weight excluding hydrogens is 152 g/mol. The Labute approximate surface area is 70.6 Å². The normalized spacial score (nSPS) is 8.25. The molecule has 0 aliphatic rings. The van der Waals surface area contributed by atoms with Crippen molar-refractivity contribution in [2.24, 2.45) is 0 Å². The van der Waals surface area contributed by atoms with Crippen LogP contribution in [0, 0.1) is 23.7 Å². The molecule has 3 heteroatoms. The van der Waals surface area contributed by atoms with Crippen molar-refractivity contribution >= 4 is 0 Å². The molecule has 1 aromatic rings. The fraction of sp³-hybridized carbons (Fsp3) is 0.111. The first kappa shape index (κ1) is 8.10. The second kappa shape index (κ2) is 3.41. The molecule has 0 unspecified atom stereocenters. The average Bonchev–Trinajstić information content (AvgIpc) is 2.16. The summed E-state index contributed by atoms with van der Waals surface area (Å²) in [5.74, 6) is 2.69. The minimum absolute atomic E-state index is 0.302. The lowest BCUT2D eigenvalue weighted by atomic mass is 10.2. The van der Waals surface area contributed by atoms with Crippen molar-refractivity contribution < 1.29 is 4.74 Å². The molecule has 0 radical (unpaired) electrons. The van der Waals surface area contributed by atoms with Crippen LogP contribution in [0.25, 0.3) is 0 Å². The van der Waals surface area contributed by atoms with Crippen molar-refractivity contribution in [1.29, 1.82) is 5.26 Å². The molecule has 1 aromatic heterocycles. The Morgan fingerprint density at radius 3 is 2.92 bits per heavy atom. The van der Waals surface area contributed by atoms with Crippen LogP contribution in [-0.4, -0.2) is 12.1 Å². The summed E-state index contributed by atoms with van der Waals surface area (Å²) in [6.07, 6.45) is 6.61. The van der Waals surface area contributed by atoms with Gasteiger partial charge in [-0.15, -0.1) is 6.42 Å². The van der Waals surface area contributed by atoms with Gasteiger partial charge in [-0.1, -0.05) is 5.92 Å². The molecule has 0 aromatic carbocycles. The molecule has 0 N–H and O–H groups in total. The molecule has 58 valence electrons. The SMILES string of the molecule is C#Cc1cnc(OC)c(C#N)c1. The summed E-state index contributed by atoms with van der Waals surface area (Å²) < 4.78 is 4.83. The third-order valence-corrected chi connectivity index (χ3v) is 1.33.